The Hall–Kier alpha value is -1.30. The fraction of sp³-hybridized carbons (Fsp3) is 0.818. The number of hydrogen-bond acceptors (Lipinski definition) is 3. The van der Waals surface area contributed by atoms with Gasteiger partial charge < -0.3 is 10.6 Å². The molecule has 0 aromatic rings. The van der Waals surface area contributed by atoms with E-state index in [2.05, 4.69) is 21.1 Å². The summed E-state index contributed by atoms with van der Waals surface area (Å²) >= 11 is 0. The molecule has 0 fully saturated rings. The van der Waals surface area contributed by atoms with Crippen molar-refractivity contribution in [3.05, 3.63) is 0 Å². The van der Waals surface area contributed by atoms with E-state index < -0.39 is 0 Å². The average molecular weight is 243 g/mol. The smallest absolute Gasteiger partial charge is 0.222 e. The number of nitrogens with two attached hydrogens (primary N) is 1. The number of nitrogens with zero attached hydrogens (tertiary/aromatic N) is 1. The van der Waals surface area contributed by atoms with Gasteiger partial charge in [-0.15, -0.1) is 0 Å². The molecule has 0 saturated carbocycles. The van der Waals surface area contributed by atoms with E-state index >= 15 is 0 Å². The molecule has 0 aromatic carbocycles. The maximum atomic E-state index is 11.5. The molecule has 0 spiro atoms. The number of amides is 1. The fourth-order valence-electron chi connectivity index (χ4n) is 1.15. The van der Waals surface area contributed by atoms with Gasteiger partial charge in [0.1, 0.15) is 0 Å². The molecular weight excluding hydrogens is 218 g/mol. The van der Waals surface area contributed by atoms with E-state index in [0.29, 0.717) is 25.5 Å². The number of guanidine groups is 1. The maximum Gasteiger partial charge on any atom is 0.222 e. The summed E-state index contributed by atoms with van der Waals surface area (Å²) in [6.07, 6.45) is 1.35. The van der Waals surface area contributed by atoms with Gasteiger partial charge in [-0.1, -0.05) is 6.92 Å². The third-order valence-corrected chi connectivity index (χ3v) is 1.79. The Balaban J connectivity index is 3.85. The zero-order valence-electron chi connectivity index (χ0n) is 11.3. The van der Waals surface area contributed by atoms with Crippen molar-refractivity contribution in [2.45, 2.75) is 46.1 Å². The van der Waals surface area contributed by atoms with Crippen LogP contribution < -0.4 is 21.9 Å². The van der Waals surface area contributed by atoms with Crippen LogP contribution in [0.15, 0.2) is 4.99 Å². The Morgan fingerprint density at radius 1 is 1.35 bits per heavy atom. The zero-order valence-corrected chi connectivity index (χ0v) is 11.3. The molecule has 0 aliphatic rings. The molecule has 6 nitrogen and oxygen atoms in total. The molecule has 0 rings (SSSR count). The normalized spacial score (nSPS) is 12.2. The van der Waals surface area contributed by atoms with E-state index in [-0.39, 0.29) is 11.4 Å². The predicted octanol–water partition coefficient (Wildman–Crippen LogP) is 0.110. The van der Waals surface area contributed by atoms with Crippen LogP contribution in [0.25, 0.3) is 0 Å². The van der Waals surface area contributed by atoms with E-state index in [1.807, 2.05) is 27.7 Å². The highest BCUT2D eigenvalue weighted by atomic mass is 16.1. The first-order chi connectivity index (χ1) is 7.89. The lowest BCUT2D eigenvalue weighted by atomic mass is 10.1. The fourth-order valence-corrected chi connectivity index (χ4v) is 1.15. The van der Waals surface area contributed by atoms with Crippen LogP contribution in [0.1, 0.15) is 40.5 Å². The number of carbonyl (C=O) groups is 1. The third kappa shape index (κ3) is 9.62. The summed E-state index contributed by atoms with van der Waals surface area (Å²) in [5, 5.41) is 5.86. The Morgan fingerprint density at radius 3 is 2.47 bits per heavy atom. The van der Waals surface area contributed by atoms with Crippen LogP contribution in [0.4, 0.5) is 0 Å². The Bertz CT molecular complexity index is 257. The van der Waals surface area contributed by atoms with Crippen molar-refractivity contribution in [2.24, 2.45) is 10.8 Å². The van der Waals surface area contributed by atoms with Crippen molar-refractivity contribution in [1.29, 1.82) is 0 Å². The molecule has 0 aliphatic heterocycles. The van der Waals surface area contributed by atoms with Gasteiger partial charge in [-0.3, -0.25) is 15.2 Å². The van der Waals surface area contributed by atoms with Crippen molar-refractivity contribution < 1.29 is 4.79 Å². The van der Waals surface area contributed by atoms with Gasteiger partial charge in [0.2, 0.25) is 11.9 Å². The van der Waals surface area contributed by atoms with Gasteiger partial charge in [0.15, 0.2) is 0 Å². The summed E-state index contributed by atoms with van der Waals surface area (Å²) in [7, 11) is 0. The second-order valence-corrected chi connectivity index (χ2v) is 4.85. The first-order valence-corrected chi connectivity index (χ1v) is 5.95. The van der Waals surface area contributed by atoms with E-state index in [0.717, 1.165) is 6.42 Å². The van der Waals surface area contributed by atoms with Crippen LogP contribution in [0.5, 0.6) is 0 Å². The first-order valence-electron chi connectivity index (χ1n) is 5.95. The number of hydrogen-bond donors (Lipinski definition) is 4. The number of carbonyl (C=O) groups excluding carboxylic acids is 1. The minimum atomic E-state index is -0.192. The molecule has 5 N–H and O–H groups in total. The molecule has 6 heteroatoms. The van der Waals surface area contributed by atoms with E-state index in [9.17, 15) is 4.79 Å². The highest BCUT2D eigenvalue weighted by Crippen LogP contribution is 1.98. The van der Waals surface area contributed by atoms with Crippen molar-refractivity contribution in [3.8, 4) is 0 Å². The van der Waals surface area contributed by atoms with E-state index in [1.165, 1.54) is 0 Å². The van der Waals surface area contributed by atoms with Crippen LogP contribution in [-0.2, 0) is 4.79 Å². The predicted molar refractivity (Wildman–Crippen MR) is 70.4 cm³/mol. The number of aliphatic imine (C=N–C) groups is 1. The molecule has 0 atom stereocenters. The van der Waals surface area contributed by atoms with Gasteiger partial charge in [0.25, 0.3) is 0 Å². The summed E-state index contributed by atoms with van der Waals surface area (Å²) in [6.45, 7) is 9.11. The molecule has 1 amide bonds. The van der Waals surface area contributed by atoms with Crippen LogP contribution in [0.3, 0.4) is 0 Å². The molecule has 0 aromatic heterocycles. The van der Waals surface area contributed by atoms with Gasteiger partial charge in [-0.25, -0.2) is 5.84 Å². The SMILES string of the molecule is CCCN=C(NN)NCCC(=O)NC(C)(C)C. The number of nitrogens with one attached hydrogen (secondary N) is 3. The second kappa shape index (κ2) is 7.89. The minimum Gasteiger partial charge on any atom is -0.355 e. The Morgan fingerprint density at radius 2 is 2.00 bits per heavy atom. The lowest BCUT2D eigenvalue weighted by molar-refractivity contribution is -0.122. The van der Waals surface area contributed by atoms with Crippen molar-refractivity contribution in [2.75, 3.05) is 13.1 Å². The molecule has 0 bridgehead atoms. The zero-order chi connectivity index (χ0) is 13.3. The van der Waals surface area contributed by atoms with Crippen molar-refractivity contribution in [3.63, 3.8) is 0 Å². The van der Waals surface area contributed by atoms with Crippen molar-refractivity contribution >= 4 is 11.9 Å². The van der Waals surface area contributed by atoms with Crippen LogP contribution in [0.2, 0.25) is 0 Å². The summed E-state index contributed by atoms with van der Waals surface area (Å²) in [4.78, 5) is 15.7. The average Bonchev–Trinajstić information content (AvgIpc) is 2.20. The number of rotatable bonds is 5. The Kier molecular flexibility index (Phi) is 7.29. The molecule has 0 radical (unpaired) electrons. The highest BCUT2D eigenvalue weighted by Gasteiger charge is 2.12. The largest absolute Gasteiger partial charge is 0.355 e. The monoisotopic (exact) mass is 243 g/mol. The van der Waals surface area contributed by atoms with Crippen molar-refractivity contribution in [1.82, 2.24) is 16.1 Å². The van der Waals surface area contributed by atoms with Gasteiger partial charge >= 0.3 is 0 Å². The molecule has 0 aliphatic carbocycles. The van der Waals surface area contributed by atoms with Gasteiger partial charge in [0, 0.05) is 25.0 Å². The molecule has 0 saturated heterocycles. The summed E-state index contributed by atoms with van der Waals surface area (Å²) in [5.74, 6) is 5.82. The lowest BCUT2D eigenvalue weighted by Gasteiger charge is -2.20. The van der Waals surface area contributed by atoms with Gasteiger partial charge in [-0.2, -0.15) is 0 Å². The molecule has 0 unspecified atom stereocenters. The van der Waals surface area contributed by atoms with Gasteiger partial charge in [-0.05, 0) is 27.2 Å². The third-order valence-electron chi connectivity index (χ3n) is 1.79. The highest BCUT2D eigenvalue weighted by molar-refractivity contribution is 5.81. The van der Waals surface area contributed by atoms with E-state index in [1.54, 1.807) is 0 Å². The lowest BCUT2D eigenvalue weighted by Crippen LogP contribution is -2.45. The molecular formula is C11H25N5O. The summed E-state index contributed by atoms with van der Waals surface area (Å²) in [6, 6.07) is 0. The quantitative estimate of drug-likeness (QED) is 0.239. The van der Waals surface area contributed by atoms with Gasteiger partial charge in [0.05, 0.1) is 0 Å². The van der Waals surface area contributed by atoms with E-state index in [4.69, 9.17) is 5.84 Å². The summed E-state index contributed by atoms with van der Waals surface area (Å²) < 4.78 is 0. The van der Waals surface area contributed by atoms with Crippen LogP contribution >= 0.6 is 0 Å². The first kappa shape index (κ1) is 15.7. The molecule has 0 heterocycles. The minimum absolute atomic E-state index is 0.0110. The Labute approximate surface area is 103 Å². The maximum absolute atomic E-state index is 11.5. The molecule has 100 valence electrons. The topological polar surface area (TPSA) is 91.5 Å². The summed E-state index contributed by atoms with van der Waals surface area (Å²) in [5.41, 5.74) is 2.27. The standard InChI is InChI=1S/C11H25N5O/c1-5-7-13-10(16-12)14-8-6-9(17)15-11(2,3)4/h5-8,12H2,1-4H3,(H,15,17)(H2,13,14,16). The van der Waals surface area contributed by atoms with Crippen LogP contribution in [-0.4, -0.2) is 30.5 Å². The number of hydrazine groups is 1. The van der Waals surface area contributed by atoms with Crippen LogP contribution in [0, 0.1) is 0 Å². The second-order valence-electron chi connectivity index (χ2n) is 4.85. The molecule has 17 heavy (non-hydrogen) atoms.